The minimum Gasteiger partial charge on any atom is -0.496 e. The molecule has 0 fully saturated rings. The molecule has 0 radical (unpaired) electrons. The first-order valence-corrected chi connectivity index (χ1v) is 8.04. The zero-order chi connectivity index (χ0) is 17.0. The standard InChI is InChI=1S/C19H24N2OS/c1-13-6-7-18(22-5)16(9-13)12-21(4)19(23)20-17-10-14(2)8-15(3)11-17/h6-11H,12H2,1-5H3,(H,20,23). The summed E-state index contributed by atoms with van der Waals surface area (Å²) >= 11 is 5.53. The van der Waals surface area contributed by atoms with E-state index in [1.165, 1.54) is 16.7 Å². The molecule has 0 unspecified atom stereocenters. The average molecular weight is 328 g/mol. The summed E-state index contributed by atoms with van der Waals surface area (Å²) in [6.07, 6.45) is 0. The molecular formula is C19H24N2OS. The summed E-state index contributed by atoms with van der Waals surface area (Å²) < 4.78 is 5.44. The molecule has 0 aliphatic heterocycles. The Bertz CT molecular complexity index is 692. The van der Waals surface area contributed by atoms with Crippen LogP contribution in [0.25, 0.3) is 0 Å². The second-order valence-corrected chi connectivity index (χ2v) is 6.36. The van der Waals surface area contributed by atoms with E-state index in [9.17, 15) is 0 Å². The number of nitrogens with zero attached hydrogens (tertiary/aromatic N) is 1. The third kappa shape index (κ3) is 4.70. The summed E-state index contributed by atoms with van der Waals surface area (Å²) in [5.74, 6) is 0.886. The summed E-state index contributed by atoms with van der Waals surface area (Å²) in [4.78, 5) is 2.02. The zero-order valence-corrected chi connectivity index (χ0v) is 15.3. The van der Waals surface area contributed by atoms with E-state index in [2.05, 4.69) is 56.4 Å². The zero-order valence-electron chi connectivity index (χ0n) is 14.4. The molecule has 0 saturated carbocycles. The predicted octanol–water partition coefficient (Wildman–Crippen LogP) is 4.45. The monoisotopic (exact) mass is 328 g/mol. The number of aryl methyl sites for hydroxylation is 3. The molecule has 23 heavy (non-hydrogen) atoms. The number of hydrogen-bond donors (Lipinski definition) is 1. The molecule has 1 N–H and O–H groups in total. The van der Waals surface area contributed by atoms with Gasteiger partial charge in [0.25, 0.3) is 0 Å². The lowest BCUT2D eigenvalue weighted by Gasteiger charge is -2.23. The first kappa shape index (κ1) is 17.3. The molecule has 0 aromatic heterocycles. The van der Waals surface area contributed by atoms with Crippen molar-refractivity contribution < 1.29 is 4.74 Å². The predicted molar refractivity (Wildman–Crippen MR) is 101 cm³/mol. The minimum atomic E-state index is 0.693. The van der Waals surface area contributed by atoms with Crippen molar-refractivity contribution in [2.45, 2.75) is 27.3 Å². The molecule has 0 atom stereocenters. The number of benzene rings is 2. The summed E-state index contributed by atoms with van der Waals surface area (Å²) in [5.41, 5.74) is 5.80. The van der Waals surface area contributed by atoms with Crippen LogP contribution in [-0.2, 0) is 6.54 Å². The number of rotatable bonds is 4. The SMILES string of the molecule is COc1ccc(C)cc1CN(C)C(=S)Nc1cc(C)cc(C)c1. The van der Waals surface area contributed by atoms with E-state index in [4.69, 9.17) is 17.0 Å². The van der Waals surface area contributed by atoms with Crippen LogP contribution in [0.4, 0.5) is 5.69 Å². The number of nitrogens with one attached hydrogen (secondary N) is 1. The molecule has 0 aliphatic carbocycles. The van der Waals surface area contributed by atoms with Crippen LogP contribution >= 0.6 is 12.2 Å². The second kappa shape index (κ2) is 7.47. The Morgan fingerprint density at radius 1 is 1.04 bits per heavy atom. The van der Waals surface area contributed by atoms with Crippen LogP contribution in [0.15, 0.2) is 36.4 Å². The molecule has 2 rings (SSSR count). The third-order valence-electron chi connectivity index (χ3n) is 3.66. The van der Waals surface area contributed by atoms with Crippen LogP contribution < -0.4 is 10.1 Å². The van der Waals surface area contributed by atoms with Crippen molar-refractivity contribution in [1.82, 2.24) is 4.90 Å². The van der Waals surface area contributed by atoms with Crippen molar-refractivity contribution in [3.63, 3.8) is 0 Å². The molecule has 3 nitrogen and oxygen atoms in total. The highest BCUT2D eigenvalue weighted by molar-refractivity contribution is 7.80. The van der Waals surface area contributed by atoms with Crippen LogP contribution in [0.5, 0.6) is 5.75 Å². The number of hydrogen-bond acceptors (Lipinski definition) is 2. The lowest BCUT2D eigenvalue weighted by Crippen LogP contribution is -2.30. The van der Waals surface area contributed by atoms with E-state index in [-0.39, 0.29) is 0 Å². The van der Waals surface area contributed by atoms with Gasteiger partial charge in [-0.15, -0.1) is 0 Å². The second-order valence-electron chi connectivity index (χ2n) is 5.98. The van der Waals surface area contributed by atoms with Gasteiger partial charge in [-0.2, -0.15) is 0 Å². The first-order valence-electron chi connectivity index (χ1n) is 7.63. The summed E-state index contributed by atoms with van der Waals surface area (Å²) in [5, 5.41) is 4.01. The van der Waals surface area contributed by atoms with E-state index >= 15 is 0 Å². The van der Waals surface area contributed by atoms with Crippen LogP contribution in [0.2, 0.25) is 0 Å². The van der Waals surface area contributed by atoms with Crippen LogP contribution in [0.1, 0.15) is 22.3 Å². The Kier molecular flexibility index (Phi) is 5.61. The Balaban J connectivity index is 2.09. The van der Waals surface area contributed by atoms with Crippen molar-refractivity contribution in [1.29, 1.82) is 0 Å². The van der Waals surface area contributed by atoms with Crippen molar-refractivity contribution >= 4 is 23.0 Å². The van der Waals surface area contributed by atoms with Gasteiger partial charge in [0.05, 0.1) is 7.11 Å². The maximum absolute atomic E-state index is 5.53. The quantitative estimate of drug-likeness (QED) is 0.838. The molecule has 122 valence electrons. The Morgan fingerprint density at radius 2 is 1.70 bits per heavy atom. The van der Waals surface area contributed by atoms with Crippen molar-refractivity contribution in [3.8, 4) is 5.75 Å². The molecule has 2 aromatic carbocycles. The highest BCUT2D eigenvalue weighted by atomic mass is 32.1. The molecule has 0 bridgehead atoms. The van der Waals surface area contributed by atoms with Gasteiger partial charge >= 0.3 is 0 Å². The number of anilines is 1. The summed E-state index contributed by atoms with van der Waals surface area (Å²) in [6.45, 7) is 6.95. The van der Waals surface area contributed by atoms with Crippen LogP contribution in [-0.4, -0.2) is 24.2 Å². The van der Waals surface area contributed by atoms with Crippen molar-refractivity contribution in [2.24, 2.45) is 0 Å². The highest BCUT2D eigenvalue weighted by Gasteiger charge is 2.10. The van der Waals surface area contributed by atoms with Gasteiger partial charge < -0.3 is 15.0 Å². The van der Waals surface area contributed by atoms with E-state index in [0.29, 0.717) is 11.7 Å². The Labute approximate surface area is 144 Å². The maximum Gasteiger partial charge on any atom is 0.173 e. The number of thiocarbonyl (C=S) groups is 1. The topological polar surface area (TPSA) is 24.5 Å². The lowest BCUT2D eigenvalue weighted by atomic mass is 10.1. The molecule has 0 aliphatic rings. The molecule has 0 heterocycles. The minimum absolute atomic E-state index is 0.693. The Hall–Kier alpha value is -2.07. The number of methoxy groups -OCH3 is 1. The Morgan fingerprint density at radius 3 is 2.30 bits per heavy atom. The highest BCUT2D eigenvalue weighted by Crippen LogP contribution is 2.21. The fourth-order valence-corrected chi connectivity index (χ4v) is 2.81. The van der Waals surface area contributed by atoms with Gasteiger partial charge in [0, 0.05) is 24.8 Å². The van der Waals surface area contributed by atoms with Crippen LogP contribution in [0, 0.1) is 20.8 Å². The molecule has 4 heteroatoms. The fourth-order valence-electron chi connectivity index (χ4n) is 2.62. The van der Waals surface area contributed by atoms with E-state index < -0.39 is 0 Å². The van der Waals surface area contributed by atoms with E-state index in [1.54, 1.807) is 7.11 Å². The van der Waals surface area contributed by atoms with Crippen molar-refractivity contribution in [2.75, 3.05) is 19.5 Å². The van der Waals surface area contributed by atoms with Crippen molar-refractivity contribution in [3.05, 3.63) is 58.7 Å². The first-order chi connectivity index (χ1) is 10.9. The summed E-state index contributed by atoms with van der Waals surface area (Å²) in [7, 11) is 3.68. The molecule has 2 aromatic rings. The van der Waals surface area contributed by atoms with E-state index in [1.807, 2.05) is 18.0 Å². The van der Waals surface area contributed by atoms with Gasteiger partial charge in [0.1, 0.15) is 5.75 Å². The fraction of sp³-hybridized carbons (Fsp3) is 0.316. The largest absolute Gasteiger partial charge is 0.496 e. The van der Waals surface area contributed by atoms with Crippen LogP contribution in [0.3, 0.4) is 0 Å². The third-order valence-corrected chi connectivity index (χ3v) is 4.08. The number of ether oxygens (including phenoxy) is 1. The molecule has 0 saturated heterocycles. The van der Waals surface area contributed by atoms with Gasteiger partial charge in [0.2, 0.25) is 0 Å². The average Bonchev–Trinajstić information content (AvgIpc) is 2.46. The van der Waals surface area contributed by atoms with Gasteiger partial charge in [-0.1, -0.05) is 23.8 Å². The van der Waals surface area contributed by atoms with Gasteiger partial charge in [-0.05, 0) is 62.3 Å². The van der Waals surface area contributed by atoms with Gasteiger partial charge in [0.15, 0.2) is 5.11 Å². The maximum atomic E-state index is 5.53. The van der Waals surface area contributed by atoms with Gasteiger partial charge in [-0.25, -0.2) is 0 Å². The normalized spacial score (nSPS) is 10.3. The van der Waals surface area contributed by atoms with E-state index in [0.717, 1.165) is 17.0 Å². The molecule has 0 amide bonds. The molecule has 0 spiro atoms. The smallest absolute Gasteiger partial charge is 0.173 e. The lowest BCUT2D eigenvalue weighted by molar-refractivity contribution is 0.399. The summed E-state index contributed by atoms with van der Waals surface area (Å²) in [6, 6.07) is 12.5. The molecular weight excluding hydrogens is 304 g/mol. The van der Waals surface area contributed by atoms with Gasteiger partial charge in [-0.3, -0.25) is 0 Å².